The van der Waals surface area contributed by atoms with Gasteiger partial charge >= 0.3 is 6.16 Å². The molecule has 0 bridgehead atoms. The third kappa shape index (κ3) is 8.42. The van der Waals surface area contributed by atoms with Crippen molar-refractivity contribution >= 4 is 29.2 Å². The molecular formula is C36H30N2O7. The fraction of sp³-hybridized carbons (Fsp3) is 0.194. The van der Waals surface area contributed by atoms with E-state index in [0.717, 1.165) is 27.9 Å². The summed E-state index contributed by atoms with van der Waals surface area (Å²) < 4.78 is 10.1. The SMILES string of the molecule is O=C(CCCCC(=O)N1Cc2ccccc2C#Cc2ccccc21)Cc1ccc(COC(=O)Oc2ccc([N+](=O)[O-])cc2)cc1. The molecule has 1 amide bonds. The lowest BCUT2D eigenvalue weighted by atomic mass is 10.0. The van der Waals surface area contributed by atoms with Crippen molar-refractivity contribution in [3.05, 3.63) is 135 Å². The average Bonchev–Trinajstić information content (AvgIpc) is 3.04. The molecule has 0 aromatic heterocycles. The Balaban J connectivity index is 1.05. The first-order valence-electron chi connectivity index (χ1n) is 14.5. The molecule has 9 heteroatoms. The van der Waals surface area contributed by atoms with Crippen LogP contribution in [0.15, 0.2) is 97.1 Å². The second kappa shape index (κ2) is 14.6. The van der Waals surface area contributed by atoms with Crippen LogP contribution in [0.25, 0.3) is 0 Å². The van der Waals surface area contributed by atoms with Gasteiger partial charge in [-0.15, -0.1) is 0 Å². The Kier molecular flexibility index (Phi) is 9.97. The zero-order chi connectivity index (χ0) is 31.6. The van der Waals surface area contributed by atoms with Crippen LogP contribution in [0, 0.1) is 22.0 Å². The van der Waals surface area contributed by atoms with E-state index in [1.54, 1.807) is 17.0 Å². The Hall–Kier alpha value is -5.75. The van der Waals surface area contributed by atoms with E-state index >= 15 is 0 Å². The van der Waals surface area contributed by atoms with Gasteiger partial charge < -0.3 is 14.4 Å². The van der Waals surface area contributed by atoms with Crippen molar-refractivity contribution in [2.75, 3.05) is 4.90 Å². The first-order chi connectivity index (χ1) is 21.9. The number of ether oxygens (including phenoxy) is 2. The lowest BCUT2D eigenvalue weighted by Crippen LogP contribution is -2.31. The summed E-state index contributed by atoms with van der Waals surface area (Å²) >= 11 is 0. The van der Waals surface area contributed by atoms with E-state index in [4.69, 9.17) is 9.47 Å². The maximum Gasteiger partial charge on any atom is 0.514 e. The highest BCUT2D eigenvalue weighted by Gasteiger charge is 2.21. The van der Waals surface area contributed by atoms with E-state index in [-0.39, 0.29) is 36.2 Å². The number of benzene rings is 4. The van der Waals surface area contributed by atoms with Gasteiger partial charge in [-0.2, -0.15) is 0 Å². The van der Waals surface area contributed by atoms with Crippen molar-refractivity contribution in [2.45, 2.75) is 45.3 Å². The van der Waals surface area contributed by atoms with E-state index in [9.17, 15) is 24.5 Å². The summed E-state index contributed by atoms with van der Waals surface area (Å²) in [6, 6.07) is 27.8. The fourth-order valence-corrected chi connectivity index (χ4v) is 4.91. The smallest absolute Gasteiger partial charge is 0.429 e. The van der Waals surface area contributed by atoms with Crippen LogP contribution in [0.5, 0.6) is 5.75 Å². The lowest BCUT2D eigenvalue weighted by molar-refractivity contribution is -0.384. The Morgan fingerprint density at radius 1 is 0.778 bits per heavy atom. The molecule has 0 atom stereocenters. The molecule has 0 unspecified atom stereocenters. The van der Waals surface area contributed by atoms with Gasteiger partial charge in [0.05, 0.1) is 17.2 Å². The maximum atomic E-state index is 13.4. The number of ketones is 1. The van der Waals surface area contributed by atoms with E-state index < -0.39 is 11.1 Å². The number of hydrogen-bond donors (Lipinski definition) is 0. The standard InChI is InChI=1S/C36H30N2O7/c39-32(23-26-13-15-27(16-14-26)25-44-36(41)45-33-21-19-31(20-22-33)38(42)43)10-4-6-12-35(40)37-24-30-9-2-1-7-28(30)17-18-29-8-3-5-11-34(29)37/h1-3,5,7-9,11,13-16,19-22H,4,6,10,12,23-25H2. The molecule has 0 saturated carbocycles. The van der Waals surface area contributed by atoms with Gasteiger partial charge in [0.15, 0.2) is 0 Å². The third-order valence-electron chi connectivity index (χ3n) is 7.30. The second-order valence-corrected chi connectivity index (χ2v) is 10.5. The molecular weight excluding hydrogens is 572 g/mol. The summed E-state index contributed by atoms with van der Waals surface area (Å²) in [7, 11) is 0. The number of nitro benzene ring substituents is 1. The summed E-state index contributed by atoms with van der Waals surface area (Å²) in [5, 5.41) is 10.7. The first-order valence-corrected chi connectivity index (χ1v) is 14.5. The molecule has 226 valence electrons. The Morgan fingerprint density at radius 2 is 1.42 bits per heavy atom. The third-order valence-corrected chi connectivity index (χ3v) is 7.30. The van der Waals surface area contributed by atoms with Gasteiger partial charge in [0, 0.05) is 42.5 Å². The van der Waals surface area contributed by atoms with Crippen LogP contribution in [-0.4, -0.2) is 22.8 Å². The molecule has 0 N–H and O–H groups in total. The quantitative estimate of drug-likeness (QED) is 0.0456. The first kappa shape index (κ1) is 30.7. The zero-order valence-corrected chi connectivity index (χ0v) is 24.4. The molecule has 1 heterocycles. The van der Waals surface area contributed by atoms with Crippen LogP contribution in [0.3, 0.4) is 0 Å². The summed E-state index contributed by atoms with van der Waals surface area (Å²) in [5.41, 5.74) is 4.97. The van der Waals surface area contributed by atoms with E-state index in [0.29, 0.717) is 37.8 Å². The fourth-order valence-electron chi connectivity index (χ4n) is 4.91. The van der Waals surface area contributed by atoms with E-state index in [1.807, 2.05) is 60.7 Å². The number of nitro groups is 1. The molecule has 0 aliphatic carbocycles. The molecule has 9 nitrogen and oxygen atoms in total. The molecule has 45 heavy (non-hydrogen) atoms. The largest absolute Gasteiger partial charge is 0.514 e. The lowest BCUT2D eigenvalue weighted by Gasteiger charge is -2.26. The number of hydrogen-bond acceptors (Lipinski definition) is 7. The minimum absolute atomic E-state index is 0.00262. The number of fused-ring (bicyclic) bond motifs is 2. The summed E-state index contributed by atoms with van der Waals surface area (Å²) in [6.45, 7) is 0.412. The van der Waals surface area contributed by atoms with Crippen molar-refractivity contribution in [3.63, 3.8) is 0 Å². The predicted octanol–water partition coefficient (Wildman–Crippen LogP) is 6.93. The van der Waals surface area contributed by atoms with Crippen LogP contribution in [0.2, 0.25) is 0 Å². The number of rotatable bonds is 11. The van der Waals surface area contributed by atoms with Crippen molar-refractivity contribution < 1.29 is 28.8 Å². The predicted molar refractivity (Wildman–Crippen MR) is 168 cm³/mol. The molecule has 1 aliphatic rings. The van der Waals surface area contributed by atoms with Crippen LogP contribution in [0.4, 0.5) is 16.2 Å². The highest BCUT2D eigenvalue weighted by Crippen LogP contribution is 2.26. The molecule has 4 aromatic rings. The number of non-ortho nitro benzene ring substituents is 1. The number of anilines is 1. The number of para-hydroxylation sites is 1. The van der Waals surface area contributed by atoms with Crippen molar-refractivity contribution in [1.82, 2.24) is 0 Å². The minimum atomic E-state index is -0.935. The number of Topliss-reactive ketones (excluding diaryl/α,β-unsaturated/α-hetero) is 1. The summed E-state index contributed by atoms with van der Waals surface area (Å²) in [5.74, 6) is 6.65. The minimum Gasteiger partial charge on any atom is -0.429 e. The highest BCUT2D eigenvalue weighted by atomic mass is 16.7. The van der Waals surface area contributed by atoms with E-state index in [2.05, 4.69) is 11.8 Å². The van der Waals surface area contributed by atoms with Crippen molar-refractivity contribution in [3.8, 4) is 17.6 Å². The van der Waals surface area contributed by atoms with Crippen molar-refractivity contribution in [1.29, 1.82) is 0 Å². The van der Waals surface area contributed by atoms with Crippen molar-refractivity contribution in [2.24, 2.45) is 0 Å². The molecule has 1 aliphatic heterocycles. The van der Waals surface area contributed by atoms with Gasteiger partial charge in [0.1, 0.15) is 18.1 Å². The highest BCUT2D eigenvalue weighted by molar-refractivity contribution is 5.95. The molecule has 0 radical (unpaired) electrons. The molecule has 0 spiro atoms. The molecule has 4 aromatic carbocycles. The van der Waals surface area contributed by atoms with Crippen LogP contribution in [0.1, 0.15) is 53.5 Å². The van der Waals surface area contributed by atoms with Gasteiger partial charge in [0.25, 0.3) is 5.69 Å². The number of carbonyl (C=O) groups excluding carboxylic acids is 3. The van der Waals surface area contributed by atoms with Gasteiger partial charge in [-0.05, 0) is 59.9 Å². The number of carbonyl (C=O) groups is 3. The Bertz CT molecular complexity index is 1770. The van der Waals surface area contributed by atoms with Gasteiger partial charge in [-0.3, -0.25) is 19.7 Å². The average molecular weight is 603 g/mol. The summed E-state index contributed by atoms with van der Waals surface area (Å²) in [6.07, 6.45) is 1.25. The van der Waals surface area contributed by atoms with Gasteiger partial charge in [-0.1, -0.05) is 66.4 Å². The van der Waals surface area contributed by atoms with E-state index in [1.165, 1.54) is 24.3 Å². The topological polar surface area (TPSA) is 116 Å². The van der Waals surface area contributed by atoms with Crippen LogP contribution < -0.4 is 9.64 Å². The molecule has 5 rings (SSSR count). The van der Waals surface area contributed by atoms with Gasteiger partial charge in [-0.25, -0.2) is 4.79 Å². The second-order valence-electron chi connectivity index (χ2n) is 10.5. The normalized spacial score (nSPS) is 11.5. The Labute approximate surface area is 260 Å². The maximum absolute atomic E-state index is 13.4. The molecule has 0 saturated heterocycles. The van der Waals surface area contributed by atoms with Crippen LogP contribution in [-0.2, 0) is 33.9 Å². The number of nitrogens with zero attached hydrogens (tertiary/aromatic N) is 2. The number of unbranched alkanes of at least 4 members (excludes halogenated alkanes) is 1. The Morgan fingerprint density at radius 3 is 2.18 bits per heavy atom. The molecule has 0 fully saturated rings. The number of amides is 1. The van der Waals surface area contributed by atoms with Crippen LogP contribution >= 0.6 is 0 Å². The monoisotopic (exact) mass is 602 g/mol. The summed E-state index contributed by atoms with van der Waals surface area (Å²) in [4.78, 5) is 49.9. The zero-order valence-electron chi connectivity index (χ0n) is 24.4. The van der Waals surface area contributed by atoms with Gasteiger partial charge in [0.2, 0.25) is 5.91 Å².